The van der Waals surface area contributed by atoms with Gasteiger partial charge in [0.05, 0.1) is 16.5 Å². The van der Waals surface area contributed by atoms with Crippen molar-refractivity contribution in [3.63, 3.8) is 0 Å². The Labute approximate surface area is 150 Å². The summed E-state index contributed by atoms with van der Waals surface area (Å²) >= 11 is 7.00. The number of benzene rings is 1. The number of hydrogen-bond acceptors (Lipinski definition) is 3. The van der Waals surface area contributed by atoms with Gasteiger partial charge in [0.25, 0.3) is 0 Å². The van der Waals surface area contributed by atoms with Gasteiger partial charge in [-0.25, -0.2) is 8.78 Å². The lowest BCUT2D eigenvalue weighted by atomic mass is 10.00. The number of carbonyl (C=O) groups is 1. The van der Waals surface area contributed by atoms with Crippen LogP contribution in [0.2, 0.25) is 5.02 Å². The van der Waals surface area contributed by atoms with Crippen LogP contribution in [0.3, 0.4) is 0 Å². The molecule has 8 heteroatoms. The summed E-state index contributed by atoms with van der Waals surface area (Å²) < 4.78 is 24.8. The molecule has 1 fully saturated rings. The van der Waals surface area contributed by atoms with Crippen molar-refractivity contribution in [2.75, 3.05) is 11.1 Å². The summed E-state index contributed by atoms with van der Waals surface area (Å²) in [5, 5.41) is 3.14. The molecule has 0 aromatic heterocycles. The van der Waals surface area contributed by atoms with Crippen LogP contribution < -0.4 is 11.1 Å². The van der Waals surface area contributed by atoms with Gasteiger partial charge in [0, 0.05) is 17.4 Å². The van der Waals surface area contributed by atoms with E-state index in [0.717, 1.165) is 31.0 Å². The van der Waals surface area contributed by atoms with E-state index >= 15 is 0 Å². The molecule has 1 aliphatic carbocycles. The van der Waals surface area contributed by atoms with E-state index in [9.17, 15) is 13.6 Å². The van der Waals surface area contributed by atoms with Crippen molar-refractivity contribution < 1.29 is 13.6 Å². The number of thioether (sulfide) groups is 1. The Morgan fingerprint density at radius 3 is 2.78 bits per heavy atom. The molecule has 0 heterocycles. The number of alkyl halides is 2. The second kappa shape index (κ2) is 9.67. The first kappa shape index (κ1) is 20.5. The van der Waals surface area contributed by atoms with E-state index in [4.69, 9.17) is 17.3 Å². The maximum atomic E-state index is 12.4. The lowest BCUT2D eigenvalue weighted by molar-refractivity contribution is -0.117. The minimum atomic E-state index is -2.43. The summed E-state index contributed by atoms with van der Waals surface area (Å²) in [6, 6.07) is 5.05. The Bertz CT molecular complexity index is 534. The van der Waals surface area contributed by atoms with Crippen LogP contribution in [0, 0.1) is 5.92 Å². The molecule has 1 aromatic carbocycles. The summed E-state index contributed by atoms with van der Waals surface area (Å²) in [5.74, 6) is -0.319. The van der Waals surface area contributed by atoms with Crippen LogP contribution in [0.25, 0.3) is 0 Å². The minimum absolute atomic E-state index is 0. The molecule has 2 rings (SSSR count). The average molecular weight is 385 g/mol. The quantitative estimate of drug-likeness (QED) is 0.705. The number of carbonyl (C=O) groups excluding carboxylic acids is 1. The van der Waals surface area contributed by atoms with Gasteiger partial charge in [-0.15, -0.1) is 24.2 Å². The molecule has 23 heavy (non-hydrogen) atoms. The zero-order chi connectivity index (χ0) is 16.1. The second-order valence-corrected chi connectivity index (χ2v) is 6.86. The van der Waals surface area contributed by atoms with Crippen molar-refractivity contribution in [1.82, 2.24) is 0 Å². The number of hydrogen-bond donors (Lipinski definition) is 2. The first-order valence-corrected chi connectivity index (χ1v) is 8.58. The Kier molecular flexibility index (Phi) is 8.61. The van der Waals surface area contributed by atoms with Crippen LogP contribution in [0.15, 0.2) is 23.1 Å². The predicted molar refractivity (Wildman–Crippen MR) is 94.0 cm³/mol. The van der Waals surface area contributed by atoms with Crippen LogP contribution in [0.5, 0.6) is 0 Å². The van der Waals surface area contributed by atoms with Gasteiger partial charge in [-0.1, -0.05) is 24.1 Å². The first-order chi connectivity index (χ1) is 10.5. The van der Waals surface area contributed by atoms with E-state index in [1.807, 2.05) is 0 Å². The lowest BCUT2D eigenvalue weighted by Gasteiger charge is -2.16. The van der Waals surface area contributed by atoms with Gasteiger partial charge in [-0.05, 0) is 30.9 Å². The van der Waals surface area contributed by atoms with Gasteiger partial charge < -0.3 is 11.1 Å². The molecule has 130 valence electrons. The molecule has 0 unspecified atom stereocenters. The van der Waals surface area contributed by atoms with Crippen molar-refractivity contribution in [1.29, 1.82) is 0 Å². The van der Waals surface area contributed by atoms with Crippen molar-refractivity contribution in [3.8, 4) is 0 Å². The molecule has 2 atom stereocenters. The maximum Gasteiger partial charge on any atom is 0.247 e. The second-order valence-electron chi connectivity index (χ2n) is 5.43. The van der Waals surface area contributed by atoms with E-state index in [1.54, 1.807) is 18.2 Å². The first-order valence-electron chi connectivity index (χ1n) is 7.22. The van der Waals surface area contributed by atoms with Crippen LogP contribution in [0.1, 0.15) is 25.7 Å². The molecule has 0 bridgehead atoms. The zero-order valence-corrected chi connectivity index (χ0v) is 14.8. The molecule has 1 aromatic rings. The average Bonchev–Trinajstić information content (AvgIpc) is 2.83. The van der Waals surface area contributed by atoms with Crippen LogP contribution >= 0.6 is 35.8 Å². The van der Waals surface area contributed by atoms with Gasteiger partial charge >= 0.3 is 0 Å². The molecule has 0 spiro atoms. The molecule has 3 nitrogen and oxygen atoms in total. The number of amides is 1. The molecular weight excluding hydrogens is 365 g/mol. The van der Waals surface area contributed by atoms with E-state index in [1.165, 1.54) is 0 Å². The van der Waals surface area contributed by atoms with E-state index in [0.29, 0.717) is 22.0 Å². The zero-order valence-electron chi connectivity index (χ0n) is 12.4. The van der Waals surface area contributed by atoms with Crippen molar-refractivity contribution in [2.45, 2.75) is 43.0 Å². The number of rotatable bonds is 6. The third kappa shape index (κ3) is 6.10. The lowest BCUT2D eigenvalue weighted by Crippen LogP contribution is -2.28. The molecule has 0 aliphatic heterocycles. The topological polar surface area (TPSA) is 55.1 Å². The maximum absolute atomic E-state index is 12.4. The Morgan fingerprint density at radius 2 is 2.17 bits per heavy atom. The minimum Gasteiger partial charge on any atom is -0.327 e. The molecule has 1 aliphatic rings. The highest BCUT2D eigenvalue weighted by Crippen LogP contribution is 2.35. The molecule has 3 N–H and O–H groups in total. The summed E-state index contributed by atoms with van der Waals surface area (Å²) in [4.78, 5) is 12.6. The highest BCUT2D eigenvalue weighted by atomic mass is 35.5. The van der Waals surface area contributed by atoms with Crippen LogP contribution in [-0.4, -0.2) is 24.1 Å². The number of nitrogens with two attached hydrogens (primary N) is 1. The predicted octanol–water partition coefficient (Wildman–Crippen LogP) is 4.58. The smallest absolute Gasteiger partial charge is 0.247 e. The number of anilines is 1. The summed E-state index contributed by atoms with van der Waals surface area (Å²) in [6.07, 6.45) is 0.876. The Hall–Kier alpha value is -0.560. The summed E-state index contributed by atoms with van der Waals surface area (Å²) in [6.45, 7) is 0. The Balaban J connectivity index is 0.00000264. The number of nitrogens with one attached hydrogen (secondary N) is 1. The van der Waals surface area contributed by atoms with Crippen molar-refractivity contribution in [2.24, 2.45) is 11.7 Å². The Morgan fingerprint density at radius 1 is 1.43 bits per heavy atom. The van der Waals surface area contributed by atoms with Crippen molar-refractivity contribution >= 4 is 47.4 Å². The van der Waals surface area contributed by atoms with Gasteiger partial charge in [0.1, 0.15) is 0 Å². The molecule has 0 radical (unpaired) electrons. The van der Waals surface area contributed by atoms with Gasteiger partial charge in [0.15, 0.2) is 0 Å². The largest absolute Gasteiger partial charge is 0.327 e. The fourth-order valence-electron chi connectivity index (χ4n) is 2.66. The molecular formula is C15H20Cl2F2N2OS. The fourth-order valence-corrected chi connectivity index (χ4v) is 3.77. The number of halogens is 4. The molecule has 0 saturated heterocycles. The highest BCUT2D eigenvalue weighted by molar-refractivity contribution is 7.99. The van der Waals surface area contributed by atoms with Crippen LogP contribution in [0.4, 0.5) is 14.5 Å². The monoisotopic (exact) mass is 384 g/mol. The van der Waals surface area contributed by atoms with E-state index in [2.05, 4.69) is 5.32 Å². The normalized spacial score (nSPS) is 20.4. The SMILES string of the molecule is Cl.N[C@@H]1CCC[C@H]1CC(=O)Nc1cccc(Cl)c1SCC(F)F. The fraction of sp³-hybridized carbons (Fsp3) is 0.533. The van der Waals surface area contributed by atoms with Crippen LogP contribution in [-0.2, 0) is 4.79 Å². The standard InChI is InChI=1S/C15H19ClF2N2OS.ClH/c16-10-4-2-6-12(15(10)22-8-13(17)18)20-14(21)7-9-3-1-5-11(9)19;/h2,4,6,9,11,13H,1,3,5,7-8,19H2,(H,20,21);1H/t9-,11+;/m0./s1. The van der Waals surface area contributed by atoms with Gasteiger partial charge in [-0.2, -0.15) is 0 Å². The van der Waals surface area contributed by atoms with E-state index in [-0.39, 0.29) is 36.0 Å². The van der Waals surface area contributed by atoms with Gasteiger partial charge in [0.2, 0.25) is 12.3 Å². The summed E-state index contributed by atoms with van der Waals surface area (Å²) in [5.41, 5.74) is 6.45. The third-order valence-electron chi connectivity index (χ3n) is 3.76. The van der Waals surface area contributed by atoms with Gasteiger partial charge in [-0.3, -0.25) is 4.79 Å². The van der Waals surface area contributed by atoms with Crippen molar-refractivity contribution in [3.05, 3.63) is 23.2 Å². The third-order valence-corrected chi connectivity index (χ3v) is 5.33. The van der Waals surface area contributed by atoms with E-state index < -0.39 is 6.43 Å². The molecule has 1 saturated carbocycles. The summed E-state index contributed by atoms with van der Waals surface area (Å²) in [7, 11) is 0. The molecule has 1 amide bonds. The highest BCUT2D eigenvalue weighted by Gasteiger charge is 2.26.